The minimum atomic E-state index is 0.394. The molecule has 0 aliphatic heterocycles. The Morgan fingerprint density at radius 1 is 1.39 bits per heavy atom. The van der Waals surface area contributed by atoms with E-state index in [4.69, 9.17) is 4.74 Å². The summed E-state index contributed by atoms with van der Waals surface area (Å²) >= 11 is 3.35. The molecule has 0 bridgehead atoms. The van der Waals surface area contributed by atoms with E-state index in [-0.39, 0.29) is 0 Å². The number of hydrogen-bond donors (Lipinski definition) is 0. The first-order valence-electron chi connectivity index (χ1n) is 5.75. The quantitative estimate of drug-likeness (QED) is 0.852. The second-order valence-electron chi connectivity index (χ2n) is 4.38. The molecular formula is C12H15BrN4O. The van der Waals surface area contributed by atoms with Crippen molar-refractivity contribution in [2.24, 2.45) is 5.92 Å². The minimum Gasteiger partial charge on any atom is -0.484 e. The van der Waals surface area contributed by atoms with Crippen molar-refractivity contribution in [2.45, 2.75) is 27.0 Å². The van der Waals surface area contributed by atoms with Crippen LogP contribution >= 0.6 is 15.9 Å². The Balaban J connectivity index is 2.00. The average molecular weight is 311 g/mol. The van der Waals surface area contributed by atoms with Crippen molar-refractivity contribution < 1.29 is 4.74 Å². The highest BCUT2D eigenvalue weighted by Gasteiger charge is 2.07. The lowest BCUT2D eigenvalue weighted by atomic mass is 10.2. The van der Waals surface area contributed by atoms with E-state index in [1.807, 2.05) is 10.7 Å². The first-order valence-corrected chi connectivity index (χ1v) is 6.54. The Bertz CT molecular complexity index is 512. The molecule has 5 nitrogen and oxygen atoms in total. The highest BCUT2D eigenvalue weighted by atomic mass is 79.9. The maximum Gasteiger partial charge on any atom is 0.164 e. The summed E-state index contributed by atoms with van der Waals surface area (Å²) in [6, 6.07) is 1.87. The van der Waals surface area contributed by atoms with Crippen molar-refractivity contribution >= 4 is 15.9 Å². The molecule has 0 atom stereocenters. The van der Waals surface area contributed by atoms with Gasteiger partial charge in [0.25, 0.3) is 0 Å². The van der Waals surface area contributed by atoms with Crippen LogP contribution in [0.2, 0.25) is 0 Å². The number of nitrogens with zero attached hydrogens (tertiary/aromatic N) is 4. The van der Waals surface area contributed by atoms with Gasteiger partial charge in [-0.25, -0.2) is 9.67 Å². The van der Waals surface area contributed by atoms with Gasteiger partial charge < -0.3 is 4.74 Å². The highest BCUT2D eigenvalue weighted by molar-refractivity contribution is 9.10. The van der Waals surface area contributed by atoms with Crippen LogP contribution in [0.25, 0.3) is 0 Å². The Morgan fingerprint density at radius 2 is 2.22 bits per heavy atom. The molecule has 0 N–H and O–H groups in total. The van der Waals surface area contributed by atoms with Crippen LogP contribution < -0.4 is 4.74 Å². The second-order valence-corrected chi connectivity index (χ2v) is 5.30. The zero-order valence-electron chi connectivity index (χ0n) is 10.4. The second kappa shape index (κ2) is 5.95. The summed E-state index contributed by atoms with van der Waals surface area (Å²) in [4.78, 5) is 8.24. The van der Waals surface area contributed by atoms with E-state index in [9.17, 15) is 0 Å². The highest BCUT2D eigenvalue weighted by Crippen LogP contribution is 2.16. The predicted octanol–water partition coefficient (Wildman–Crippen LogP) is 2.67. The minimum absolute atomic E-state index is 0.394. The zero-order valence-corrected chi connectivity index (χ0v) is 12.0. The SMILES string of the molecule is CC(C)Cn1ncnc1COc1cncc(Br)c1. The van der Waals surface area contributed by atoms with Gasteiger partial charge in [0, 0.05) is 17.2 Å². The molecule has 0 spiro atoms. The van der Waals surface area contributed by atoms with Gasteiger partial charge in [0.1, 0.15) is 18.7 Å². The summed E-state index contributed by atoms with van der Waals surface area (Å²) in [5.74, 6) is 2.06. The molecule has 0 aromatic carbocycles. The maximum atomic E-state index is 5.64. The van der Waals surface area contributed by atoms with Gasteiger partial charge in [-0.1, -0.05) is 13.8 Å². The lowest BCUT2D eigenvalue weighted by molar-refractivity contribution is 0.281. The third kappa shape index (κ3) is 3.53. The normalized spacial score (nSPS) is 10.9. The van der Waals surface area contributed by atoms with E-state index in [0.717, 1.165) is 16.8 Å². The molecule has 0 radical (unpaired) electrons. The topological polar surface area (TPSA) is 52.8 Å². The molecule has 0 aliphatic carbocycles. The van der Waals surface area contributed by atoms with Crippen molar-refractivity contribution in [1.29, 1.82) is 0 Å². The standard InChI is InChI=1S/C12H15BrN4O/c1-9(2)6-17-12(15-8-16-17)7-18-11-3-10(13)4-14-5-11/h3-5,8-9H,6-7H2,1-2H3. The summed E-state index contributed by atoms with van der Waals surface area (Å²) in [7, 11) is 0. The van der Waals surface area contributed by atoms with Gasteiger partial charge in [-0.15, -0.1) is 0 Å². The van der Waals surface area contributed by atoms with Crippen molar-refractivity contribution in [3.05, 3.63) is 35.1 Å². The fourth-order valence-corrected chi connectivity index (χ4v) is 1.86. The molecule has 96 valence electrons. The number of aromatic nitrogens is 4. The number of pyridine rings is 1. The predicted molar refractivity (Wildman–Crippen MR) is 71.1 cm³/mol. The van der Waals surface area contributed by atoms with Crippen LogP contribution in [-0.4, -0.2) is 19.7 Å². The summed E-state index contributed by atoms with van der Waals surface area (Å²) in [6.07, 6.45) is 4.95. The first-order chi connectivity index (χ1) is 8.65. The van der Waals surface area contributed by atoms with Crippen LogP contribution in [0.4, 0.5) is 0 Å². The lowest BCUT2D eigenvalue weighted by Crippen LogP contribution is -2.12. The number of ether oxygens (including phenoxy) is 1. The monoisotopic (exact) mass is 310 g/mol. The van der Waals surface area contributed by atoms with Gasteiger partial charge in [0.15, 0.2) is 5.82 Å². The van der Waals surface area contributed by atoms with Gasteiger partial charge >= 0.3 is 0 Å². The number of halogens is 1. The van der Waals surface area contributed by atoms with Crippen LogP contribution in [-0.2, 0) is 13.2 Å². The number of hydrogen-bond acceptors (Lipinski definition) is 4. The molecule has 0 amide bonds. The van der Waals surface area contributed by atoms with Crippen molar-refractivity contribution in [1.82, 2.24) is 19.7 Å². The third-order valence-corrected chi connectivity index (χ3v) is 2.72. The van der Waals surface area contributed by atoms with E-state index in [0.29, 0.717) is 18.3 Å². The average Bonchev–Trinajstić information content (AvgIpc) is 2.73. The van der Waals surface area contributed by atoms with Gasteiger partial charge in [0.05, 0.1) is 6.20 Å². The maximum absolute atomic E-state index is 5.64. The molecule has 6 heteroatoms. The molecule has 18 heavy (non-hydrogen) atoms. The molecule has 2 aromatic heterocycles. The fourth-order valence-electron chi connectivity index (χ4n) is 1.52. The van der Waals surface area contributed by atoms with E-state index >= 15 is 0 Å². The van der Waals surface area contributed by atoms with E-state index in [1.54, 1.807) is 18.7 Å². The Morgan fingerprint density at radius 3 is 2.94 bits per heavy atom. The fraction of sp³-hybridized carbons (Fsp3) is 0.417. The molecule has 2 aromatic rings. The van der Waals surface area contributed by atoms with E-state index < -0.39 is 0 Å². The molecule has 2 heterocycles. The smallest absolute Gasteiger partial charge is 0.164 e. The molecule has 0 aliphatic rings. The van der Waals surface area contributed by atoms with Crippen LogP contribution in [0, 0.1) is 5.92 Å². The molecule has 0 saturated heterocycles. The van der Waals surface area contributed by atoms with Crippen LogP contribution in [0.5, 0.6) is 5.75 Å². The third-order valence-electron chi connectivity index (χ3n) is 2.28. The van der Waals surface area contributed by atoms with Crippen LogP contribution in [0.15, 0.2) is 29.3 Å². The summed E-state index contributed by atoms with van der Waals surface area (Å²) in [5, 5.41) is 4.19. The molecular weight excluding hydrogens is 296 g/mol. The largest absolute Gasteiger partial charge is 0.484 e. The summed E-state index contributed by atoms with van der Waals surface area (Å²) in [6.45, 7) is 5.52. The molecule has 0 fully saturated rings. The van der Waals surface area contributed by atoms with Crippen molar-refractivity contribution in [3.63, 3.8) is 0 Å². The van der Waals surface area contributed by atoms with E-state index in [1.165, 1.54) is 0 Å². The van der Waals surface area contributed by atoms with Crippen molar-refractivity contribution in [2.75, 3.05) is 0 Å². The molecule has 2 rings (SSSR count). The Hall–Kier alpha value is -1.43. The number of rotatable bonds is 5. The van der Waals surface area contributed by atoms with Gasteiger partial charge in [0.2, 0.25) is 0 Å². The molecule has 0 unspecified atom stereocenters. The van der Waals surface area contributed by atoms with Crippen LogP contribution in [0.1, 0.15) is 19.7 Å². The Kier molecular flexibility index (Phi) is 4.30. The Labute approximate surface area is 114 Å². The van der Waals surface area contributed by atoms with E-state index in [2.05, 4.69) is 44.8 Å². The summed E-state index contributed by atoms with van der Waals surface area (Å²) in [5.41, 5.74) is 0. The zero-order chi connectivity index (χ0) is 13.0. The van der Waals surface area contributed by atoms with Gasteiger partial charge in [-0.05, 0) is 27.9 Å². The summed E-state index contributed by atoms with van der Waals surface area (Å²) < 4.78 is 8.40. The van der Waals surface area contributed by atoms with Crippen molar-refractivity contribution in [3.8, 4) is 5.75 Å². The first kappa shape index (κ1) is 13.0. The molecule has 0 saturated carbocycles. The van der Waals surface area contributed by atoms with Gasteiger partial charge in [-0.2, -0.15) is 5.10 Å². The van der Waals surface area contributed by atoms with Crippen LogP contribution in [0.3, 0.4) is 0 Å². The van der Waals surface area contributed by atoms with Gasteiger partial charge in [-0.3, -0.25) is 4.98 Å². The lowest BCUT2D eigenvalue weighted by Gasteiger charge is -2.09.